The summed E-state index contributed by atoms with van der Waals surface area (Å²) >= 11 is 4.99. The van der Waals surface area contributed by atoms with Crippen molar-refractivity contribution in [3.8, 4) is 0 Å². The monoisotopic (exact) mass is 170 g/mol. The number of nitrogens with one attached hydrogen (secondary N) is 2. The van der Waals surface area contributed by atoms with Gasteiger partial charge in [0.1, 0.15) is 0 Å². The molecule has 11 heavy (non-hydrogen) atoms. The summed E-state index contributed by atoms with van der Waals surface area (Å²) in [6, 6.07) is 0. The summed E-state index contributed by atoms with van der Waals surface area (Å²) in [5.41, 5.74) is 2.54. The van der Waals surface area contributed by atoms with E-state index < -0.39 is 0 Å². The number of H-pyrrole nitrogens is 2. The van der Waals surface area contributed by atoms with Crippen molar-refractivity contribution in [3.05, 3.63) is 16.2 Å². The molecule has 0 saturated carbocycles. The molecule has 0 unspecified atom stereocenters. The van der Waals surface area contributed by atoms with Crippen molar-refractivity contribution in [1.29, 1.82) is 0 Å². The van der Waals surface area contributed by atoms with Crippen LogP contribution < -0.4 is 0 Å². The molecular formula is C8H14N2S. The Morgan fingerprint density at radius 2 is 1.82 bits per heavy atom. The molecule has 1 aromatic rings. The van der Waals surface area contributed by atoms with Crippen LogP contribution in [0, 0.1) is 4.77 Å². The van der Waals surface area contributed by atoms with Crippen LogP contribution in [0.25, 0.3) is 0 Å². The quantitative estimate of drug-likeness (QED) is 0.671. The third-order valence-corrected chi connectivity index (χ3v) is 1.95. The molecule has 0 amide bonds. The highest BCUT2D eigenvalue weighted by Gasteiger charge is 2.00. The van der Waals surface area contributed by atoms with Crippen LogP contribution in [0.5, 0.6) is 0 Å². The minimum Gasteiger partial charge on any atom is -0.334 e. The molecule has 0 atom stereocenters. The standard InChI is InChI=1S/C8H14N2S/c1-3-5-7-6(4-2)9-8(11)10-7/h3-5H2,1-2H3,(H2,9,10,11). The summed E-state index contributed by atoms with van der Waals surface area (Å²) in [7, 11) is 0. The molecule has 0 saturated heterocycles. The lowest BCUT2D eigenvalue weighted by Crippen LogP contribution is -1.89. The highest BCUT2D eigenvalue weighted by atomic mass is 32.1. The fraction of sp³-hybridized carbons (Fsp3) is 0.625. The minimum atomic E-state index is 0.755. The van der Waals surface area contributed by atoms with E-state index in [4.69, 9.17) is 12.2 Å². The summed E-state index contributed by atoms with van der Waals surface area (Å²) in [6.07, 6.45) is 3.29. The Kier molecular flexibility index (Phi) is 2.88. The second-order valence-electron chi connectivity index (χ2n) is 2.64. The molecule has 0 fully saturated rings. The molecule has 0 spiro atoms. The number of hydrogen-bond acceptors (Lipinski definition) is 1. The second-order valence-corrected chi connectivity index (χ2v) is 3.05. The molecule has 1 rings (SSSR count). The Balaban J connectivity index is 2.92. The average Bonchev–Trinajstić information content (AvgIpc) is 2.32. The topological polar surface area (TPSA) is 31.6 Å². The first-order valence-corrected chi connectivity index (χ1v) is 4.48. The lowest BCUT2D eigenvalue weighted by molar-refractivity contribution is 0.867. The maximum atomic E-state index is 4.99. The van der Waals surface area contributed by atoms with Crippen molar-refractivity contribution >= 4 is 12.2 Å². The predicted molar refractivity (Wildman–Crippen MR) is 49.4 cm³/mol. The number of rotatable bonds is 3. The van der Waals surface area contributed by atoms with E-state index in [1.807, 2.05) is 0 Å². The zero-order valence-corrected chi connectivity index (χ0v) is 7.85. The Bertz CT molecular complexity index is 272. The van der Waals surface area contributed by atoms with Gasteiger partial charge in [0, 0.05) is 11.4 Å². The molecule has 3 heteroatoms. The maximum absolute atomic E-state index is 4.99. The first-order valence-electron chi connectivity index (χ1n) is 4.08. The highest BCUT2D eigenvalue weighted by molar-refractivity contribution is 7.71. The van der Waals surface area contributed by atoms with Gasteiger partial charge >= 0.3 is 0 Å². The fourth-order valence-corrected chi connectivity index (χ4v) is 1.47. The molecular weight excluding hydrogens is 156 g/mol. The van der Waals surface area contributed by atoms with Crippen molar-refractivity contribution in [2.75, 3.05) is 0 Å². The second kappa shape index (κ2) is 3.72. The molecule has 1 aromatic heterocycles. The largest absolute Gasteiger partial charge is 0.334 e. The Hall–Kier alpha value is -0.570. The predicted octanol–water partition coefficient (Wildman–Crippen LogP) is 2.59. The van der Waals surface area contributed by atoms with Crippen LogP contribution >= 0.6 is 12.2 Å². The van der Waals surface area contributed by atoms with Crippen LogP contribution in [0.15, 0.2) is 0 Å². The van der Waals surface area contributed by atoms with E-state index >= 15 is 0 Å². The van der Waals surface area contributed by atoms with Gasteiger partial charge in [-0.3, -0.25) is 0 Å². The van der Waals surface area contributed by atoms with Crippen LogP contribution in [-0.2, 0) is 12.8 Å². The van der Waals surface area contributed by atoms with Crippen molar-refractivity contribution in [1.82, 2.24) is 9.97 Å². The van der Waals surface area contributed by atoms with Crippen LogP contribution in [0.1, 0.15) is 31.7 Å². The van der Waals surface area contributed by atoms with Gasteiger partial charge in [-0.25, -0.2) is 0 Å². The fourth-order valence-electron chi connectivity index (χ4n) is 1.22. The van der Waals surface area contributed by atoms with Gasteiger partial charge in [0.2, 0.25) is 0 Å². The summed E-state index contributed by atoms with van der Waals surface area (Å²) in [4.78, 5) is 6.29. The number of hydrogen-bond donors (Lipinski definition) is 2. The number of aryl methyl sites for hydroxylation is 2. The Labute approximate surface area is 72.0 Å². The third kappa shape index (κ3) is 1.93. The molecule has 1 heterocycles. The van der Waals surface area contributed by atoms with Gasteiger partial charge < -0.3 is 9.97 Å². The first kappa shape index (κ1) is 8.53. The molecule has 62 valence electrons. The molecule has 0 bridgehead atoms. The van der Waals surface area contributed by atoms with E-state index in [2.05, 4.69) is 23.8 Å². The van der Waals surface area contributed by atoms with Gasteiger partial charge in [0.15, 0.2) is 4.77 Å². The van der Waals surface area contributed by atoms with E-state index in [1.165, 1.54) is 11.4 Å². The molecule has 0 aliphatic carbocycles. The van der Waals surface area contributed by atoms with Crippen LogP contribution in [0.4, 0.5) is 0 Å². The lowest BCUT2D eigenvalue weighted by atomic mass is 10.2. The summed E-state index contributed by atoms with van der Waals surface area (Å²) in [6.45, 7) is 4.30. The molecule has 0 aliphatic rings. The van der Waals surface area contributed by atoms with Gasteiger partial charge in [-0.05, 0) is 25.1 Å². The summed E-state index contributed by atoms with van der Waals surface area (Å²) in [5, 5.41) is 0. The van der Waals surface area contributed by atoms with E-state index in [0.717, 1.165) is 24.0 Å². The maximum Gasteiger partial charge on any atom is 0.174 e. The van der Waals surface area contributed by atoms with Crippen LogP contribution in [-0.4, -0.2) is 9.97 Å². The van der Waals surface area contributed by atoms with Gasteiger partial charge in [0.05, 0.1) is 0 Å². The number of aromatic nitrogens is 2. The van der Waals surface area contributed by atoms with Gasteiger partial charge in [-0.15, -0.1) is 0 Å². The smallest absolute Gasteiger partial charge is 0.174 e. The molecule has 2 N–H and O–H groups in total. The van der Waals surface area contributed by atoms with Crippen molar-refractivity contribution < 1.29 is 0 Å². The third-order valence-electron chi connectivity index (χ3n) is 1.75. The van der Waals surface area contributed by atoms with Crippen LogP contribution in [0.2, 0.25) is 0 Å². The average molecular weight is 170 g/mol. The zero-order valence-electron chi connectivity index (χ0n) is 7.03. The molecule has 0 aliphatic heterocycles. The van der Waals surface area contributed by atoms with Gasteiger partial charge in [-0.1, -0.05) is 20.3 Å². The van der Waals surface area contributed by atoms with Gasteiger partial charge in [0.25, 0.3) is 0 Å². The molecule has 2 nitrogen and oxygen atoms in total. The Morgan fingerprint density at radius 3 is 2.36 bits per heavy atom. The van der Waals surface area contributed by atoms with E-state index in [0.29, 0.717) is 0 Å². The van der Waals surface area contributed by atoms with E-state index in [9.17, 15) is 0 Å². The highest BCUT2D eigenvalue weighted by Crippen LogP contribution is 2.06. The van der Waals surface area contributed by atoms with E-state index in [1.54, 1.807) is 0 Å². The van der Waals surface area contributed by atoms with Crippen molar-refractivity contribution in [3.63, 3.8) is 0 Å². The van der Waals surface area contributed by atoms with Gasteiger partial charge in [-0.2, -0.15) is 0 Å². The normalized spacial score (nSPS) is 10.4. The van der Waals surface area contributed by atoms with Crippen molar-refractivity contribution in [2.45, 2.75) is 33.1 Å². The summed E-state index contributed by atoms with van der Waals surface area (Å²) < 4.78 is 0.755. The zero-order chi connectivity index (χ0) is 8.27. The minimum absolute atomic E-state index is 0.755. The summed E-state index contributed by atoms with van der Waals surface area (Å²) in [5.74, 6) is 0. The Morgan fingerprint density at radius 1 is 1.18 bits per heavy atom. The first-order chi connectivity index (χ1) is 5.27. The lowest BCUT2D eigenvalue weighted by Gasteiger charge is -1.96. The van der Waals surface area contributed by atoms with Crippen LogP contribution in [0.3, 0.4) is 0 Å². The molecule has 0 radical (unpaired) electrons. The van der Waals surface area contributed by atoms with E-state index in [-0.39, 0.29) is 0 Å². The SMILES string of the molecule is CCCc1[nH]c(=S)[nH]c1CC. The molecule has 0 aromatic carbocycles. The number of imidazole rings is 1. The number of aromatic amines is 2. The van der Waals surface area contributed by atoms with Crippen molar-refractivity contribution in [2.24, 2.45) is 0 Å².